The minimum Gasteiger partial charge on any atom is -0.442 e. The zero-order valence-electron chi connectivity index (χ0n) is 12.3. The molecule has 0 saturated heterocycles. The van der Waals surface area contributed by atoms with Gasteiger partial charge in [0.2, 0.25) is 0 Å². The van der Waals surface area contributed by atoms with Crippen LogP contribution in [0.5, 0.6) is 0 Å². The number of carbonyl (C=O) groups excluding carboxylic acids is 1. The lowest BCUT2D eigenvalue weighted by molar-refractivity contribution is -0.137. The third-order valence-electron chi connectivity index (χ3n) is 2.79. The molecule has 0 radical (unpaired) electrons. The van der Waals surface area contributed by atoms with Gasteiger partial charge in [0.1, 0.15) is 12.3 Å². The van der Waals surface area contributed by atoms with Gasteiger partial charge in [-0.3, -0.25) is 0 Å². The summed E-state index contributed by atoms with van der Waals surface area (Å²) in [5.41, 5.74) is 1.23. The molecular formula is C14H16F3N3O2. The average molecular weight is 315 g/mol. The molecule has 8 heteroatoms. The lowest BCUT2D eigenvalue weighted by Gasteiger charge is -2.25. The smallest absolute Gasteiger partial charge is 0.428 e. The van der Waals surface area contributed by atoms with Crippen molar-refractivity contribution in [1.82, 2.24) is 5.43 Å². The van der Waals surface area contributed by atoms with Crippen LogP contribution in [0.15, 0.2) is 23.3 Å². The van der Waals surface area contributed by atoms with Gasteiger partial charge in [-0.25, -0.2) is 10.2 Å². The van der Waals surface area contributed by atoms with Crippen LogP contribution in [-0.4, -0.2) is 24.0 Å². The average Bonchev–Trinajstić information content (AvgIpc) is 2.37. The number of carbonyl (C=O) groups is 1. The Labute approximate surface area is 125 Å². The normalized spacial score (nSPS) is 15.7. The summed E-state index contributed by atoms with van der Waals surface area (Å²) in [6.45, 7) is 5.15. The van der Waals surface area contributed by atoms with E-state index in [1.165, 1.54) is 12.1 Å². The van der Waals surface area contributed by atoms with Gasteiger partial charge in [0.25, 0.3) is 0 Å². The molecule has 5 nitrogen and oxygen atoms in total. The van der Waals surface area contributed by atoms with Crippen molar-refractivity contribution in [3.05, 3.63) is 29.3 Å². The van der Waals surface area contributed by atoms with E-state index in [9.17, 15) is 18.0 Å². The Morgan fingerprint density at radius 2 is 1.95 bits per heavy atom. The Balaban J connectivity index is 2.42. The molecule has 1 aliphatic rings. The number of hydrogen-bond acceptors (Lipinski definition) is 4. The SMILES string of the molecule is CC(C)(C)Nc1ccc(C2=NNC(=O)OC2)cc1C(F)(F)F. The van der Waals surface area contributed by atoms with E-state index in [0.717, 1.165) is 6.07 Å². The van der Waals surface area contributed by atoms with Gasteiger partial charge in [0.05, 0.1) is 5.56 Å². The lowest BCUT2D eigenvalue weighted by Crippen LogP contribution is -2.31. The summed E-state index contributed by atoms with van der Waals surface area (Å²) in [5.74, 6) is 0. The number of anilines is 1. The van der Waals surface area contributed by atoms with Gasteiger partial charge >= 0.3 is 12.3 Å². The van der Waals surface area contributed by atoms with Crippen molar-refractivity contribution in [1.29, 1.82) is 0 Å². The summed E-state index contributed by atoms with van der Waals surface area (Å²) in [6.07, 6.45) is -5.24. The number of halogens is 3. The quantitative estimate of drug-likeness (QED) is 0.879. The molecular weight excluding hydrogens is 299 g/mol. The highest BCUT2D eigenvalue weighted by molar-refractivity contribution is 6.04. The van der Waals surface area contributed by atoms with Crippen LogP contribution in [0.4, 0.5) is 23.7 Å². The zero-order chi connectivity index (χ0) is 16.5. The van der Waals surface area contributed by atoms with Crippen LogP contribution in [0.1, 0.15) is 31.9 Å². The molecule has 120 valence electrons. The standard InChI is InChI=1S/C14H16F3N3O2/c1-13(2,3)18-10-5-4-8(6-9(10)14(15,16)17)11-7-22-12(21)20-19-11/h4-6,18H,7H2,1-3H3,(H,20,21). The molecule has 0 bridgehead atoms. The second-order valence-electron chi connectivity index (χ2n) is 5.88. The number of cyclic esters (lactones) is 1. The van der Waals surface area contributed by atoms with Crippen molar-refractivity contribution in [2.45, 2.75) is 32.5 Å². The van der Waals surface area contributed by atoms with Gasteiger partial charge in [-0.15, -0.1) is 0 Å². The molecule has 0 aromatic heterocycles. The summed E-state index contributed by atoms with van der Waals surface area (Å²) in [6, 6.07) is 3.85. The number of rotatable bonds is 2. The van der Waals surface area contributed by atoms with Gasteiger partial charge in [-0.2, -0.15) is 18.3 Å². The van der Waals surface area contributed by atoms with Gasteiger partial charge in [0, 0.05) is 16.8 Å². The van der Waals surface area contributed by atoms with Crippen LogP contribution in [0, 0.1) is 0 Å². The molecule has 1 aromatic rings. The summed E-state index contributed by atoms with van der Waals surface area (Å²) in [4.78, 5) is 10.8. The number of alkyl halides is 3. The highest BCUT2D eigenvalue weighted by atomic mass is 19.4. The minimum absolute atomic E-state index is 0.00915. The van der Waals surface area contributed by atoms with Crippen molar-refractivity contribution >= 4 is 17.5 Å². The van der Waals surface area contributed by atoms with Crippen molar-refractivity contribution in [2.24, 2.45) is 5.10 Å². The van der Waals surface area contributed by atoms with Crippen LogP contribution in [0.2, 0.25) is 0 Å². The first kappa shape index (κ1) is 16.1. The molecule has 1 amide bonds. The minimum atomic E-state index is -4.51. The second-order valence-corrected chi connectivity index (χ2v) is 5.88. The van der Waals surface area contributed by atoms with Crippen LogP contribution in [0.25, 0.3) is 0 Å². The van der Waals surface area contributed by atoms with E-state index in [2.05, 4.69) is 15.8 Å². The molecule has 0 unspecified atom stereocenters. The Bertz CT molecular complexity index is 619. The first-order chi connectivity index (χ1) is 10.1. The zero-order valence-corrected chi connectivity index (χ0v) is 12.3. The van der Waals surface area contributed by atoms with E-state index in [1.807, 2.05) is 0 Å². The highest BCUT2D eigenvalue weighted by Gasteiger charge is 2.35. The van der Waals surface area contributed by atoms with Gasteiger partial charge in [-0.1, -0.05) is 6.07 Å². The third-order valence-corrected chi connectivity index (χ3v) is 2.79. The second kappa shape index (κ2) is 5.51. The maximum absolute atomic E-state index is 13.3. The maximum Gasteiger partial charge on any atom is 0.428 e. The number of hydrazone groups is 1. The predicted octanol–water partition coefficient (Wildman–Crippen LogP) is 3.36. The van der Waals surface area contributed by atoms with Crippen molar-refractivity contribution < 1.29 is 22.7 Å². The Kier molecular flexibility index (Phi) is 4.04. The van der Waals surface area contributed by atoms with E-state index in [-0.39, 0.29) is 23.6 Å². The van der Waals surface area contributed by atoms with E-state index >= 15 is 0 Å². The molecule has 1 aromatic carbocycles. The molecule has 0 spiro atoms. The molecule has 0 saturated carbocycles. The van der Waals surface area contributed by atoms with Gasteiger partial charge < -0.3 is 10.1 Å². The van der Waals surface area contributed by atoms with Crippen LogP contribution < -0.4 is 10.7 Å². The number of amides is 1. The fraction of sp³-hybridized carbons (Fsp3) is 0.429. The molecule has 1 aliphatic heterocycles. The van der Waals surface area contributed by atoms with Crippen molar-refractivity contribution in [3.63, 3.8) is 0 Å². The van der Waals surface area contributed by atoms with Crippen molar-refractivity contribution in [3.8, 4) is 0 Å². The Morgan fingerprint density at radius 1 is 1.27 bits per heavy atom. The van der Waals surface area contributed by atoms with E-state index in [1.54, 1.807) is 20.8 Å². The van der Waals surface area contributed by atoms with Crippen LogP contribution >= 0.6 is 0 Å². The molecule has 22 heavy (non-hydrogen) atoms. The number of ether oxygens (including phenoxy) is 1. The highest BCUT2D eigenvalue weighted by Crippen LogP contribution is 2.36. The Morgan fingerprint density at radius 3 is 2.45 bits per heavy atom. The molecule has 0 aliphatic carbocycles. The summed E-state index contributed by atoms with van der Waals surface area (Å²) < 4.78 is 44.5. The Hall–Kier alpha value is -2.25. The van der Waals surface area contributed by atoms with Crippen molar-refractivity contribution in [2.75, 3.05) is 11.9 Å². The topological polar surface area (TPSA) is 62.7 Å². The summed E-state index contributed by atoms with van der Waals surface area (Å²) >= 11 is 0. The summed E-state index contributed by atoms with van der Waals surface area (Å²) in [5, 5.41) is 6.55. The number of nitrogens with zero attached hydrogens (tertiary/aromatic N) is 1. The van der Waals surface area contributed by atoms with Gasteiger partial charge in [-0.05, 0) is 32.9 Å². The van der Waals surface area contributed by atoms with E-state index in [0.29, 0.717) is 0 Å². The fourth-order valence-corrected chi connectivity index (χ4v) is 1.93. The molecule has 2 rings (SSSR count). The van der Waals surface area contributed by atoms with Gasteiger partial charge in [0.15, 0.2) is 0 Å². The number of hydrogen-bond donors (Lipinski definition) is 2. The monoisotopic (exact) mass is 315 g/mol. The van der Waals surface area contributed by atoms with Crippen LogP contribution in [-0.2, 0) is 10.9 Å². The molecule has 1 heterocycles. The third kappa shape index (κ3) is 3.90. The molecule has 2 N–H and O–H groups in total. The van der Waals surface area contributed by atoms with Crippen LogP contribution in [0.3, 0.4) is 0 Å². The number of nitrogens with one attached hydrogen (secondary N) is 2. The maximum atomic E-state index is 13.3. The molecule has 0 fully saturated rings. The first-order valence-electron chi connectivity index (χ1n) is 6.55. The first-order valence-corrected chi connectivity index (χ1v) is 6.55. The lowest BCUT2D eigenvalue weighted by atomic mass is 10.0. The van der Waals surface area contributed by atoms with E-state index in [4.69, 9.17) is 4.74 Å². The molecule has 0 atom stereocenters. The van der Waals surface area contributed by atoms with E-state index < -0.39 is 23.4 Å². The summed E-state index contributed by atoms with van der Waals surface area (Å²) in [7, 11) is 0. The predicted molar refractivity (Wildman–Crippen MR) is 75.8 cm³/mol. The number of benzene rings is 1. The fourth-order valence-electron chi connectivity index (χ4n) is 1.93. The largest absolute Gasteiger partial charge is 0.442 e.